The molecule has 1 heterocycles. The SMILES string of the molecule is Cn1nc2cc[c]c(Cl)c2c1Cl. The van der Waals surface area contributed by atoms with E-state index in [0.29, 0.717) is 10.2 Å². The first-order valence-electron chi connectivity index (χ1n) is 3.38. The van der Waals surface area contributed by atoms with E-state index in [2.05, 4.69) is 11.2 Å². The van der Waals surface area contributed by atoms with E-state index in [9.17, 15) is 0 Å². The zero-order chi connectivity index (χ0) is 8.72. The Morgan fingerprint density at radius 1 is 1.50 bits per heavy atom. The highest BCUT2D eigenvalue weighted by Crippen LogP contribution is 2.28. The third-order valence-corrected chi connectivity index (χ3v) is 2.41. The maximum Gasteiger partial charge on any atom is 0.136 e. The lowest BCUT2D eigenvalue weighted by molar-refractivity contribution is 0.780. The Bertz CT molecular complexity index is 434. The summed E-state index contributed by atoms with van der Waals surface area (Å²) in [7, 11) is 1.78. The minimum atomic E-state index is 0.519. The monoisotopic (exact) mass is 199 g/mol. The minimum absolute atomic E-state index is 0.519. The van der Waals surface area contributed by atoms with Gasteiger partial charge in [-0.1, -0.05) is 29.3 Å². The summed E-state index contributed by atoms with van der Waals surface area (Å²) in [5, 5.41) is 5.99. The average molecular weight is 200 g/mol. The van der Waals surface area contributed by atoms with E-state index in [1.807, 2.05) is 6.07 Å². The lowest BCUT2D eigenvalue weighted by Gasteiger charge is -1.91. The van der Waals surface area contributed by atoms with Crippen LogP contribution < -0.4 is 0 Å². The van der Waals surface area contributed by atoms with Crippen LogP contribution in [0, 0.1) is 6.07 Å². The summed E-state index contributed by atoms with van der Waals surface area (Å²) in [6, 6.07) is 6.41. The Hall–Kier alpha value is -0.730. The predicted molar refractivity (Wildman–Crippen MR) is 49.6 cm³/mol. The minimum Gasteiger partial charge on any atom is -0.256 e. The van der Waals surface area contributed by atoms with Crippen molar-refractivity contribution in [3.8, 4) is 0 Å². The van der Waals surface area contributed by atoms with Crippen LogP contribution in [0.4, 0.5) is 0 Å². The molecule has 0 bridgehead atoms. The van der Waals surface area contributed by atoms with Crippen molar-refractivity contribution >= 4 is 34.1 Å². The molecule has 0 amide bonds. The third-order valence-electron chi connectivity index (χ3n) is 1.68. The highest BCUT2D eigenvalue weighted by atomic mass is 35.5. The molecule has 0 aliphatic carbocycles. The van der Waals surface area contributed by atoms with Crippen molar-refractivity contribution in [2.75, 3.05) is 0 Å². The first-order chi connectivity index (χ1) is 5.70. The van der Waals surface area contributed by atoms with Crippen molar-refractivity contribution < 1.29 is 0 Å². The number of hydrogen-bond donors (Lipinski definition) is 0. The molecule has 0 saturated carbocycles. The Morgan fingerprint density at radius 3 is 2.92 bits per heavy atom. The second-order valence-electron chi connectivity index (χ2n) is 2.47. The average Bonchev–Trinajstić information content (AvgIpc) is 2.29. The first kappa shape index (κ1) is 7.90. The van der Waals surface area contributed by atoms with Gasteiger partial charge in [0.15, 0.2) is 0 Å². The van der Waals surface area contributed by atoms with E-state index in [1.54, 1.807) is 17.8 Å². The standard InChI is InChI=1S/C8H5Cl2N2/c1-12-8(10)7-5(9)3-2-4-6(7)11-12/h2,4H,1H3. The second kappa shape index (κ2) is 2.64. The number of aryl methyl sites for hydroxylation is 1. The van der Waals surface area contributed by atoms with E-state index < -0.39 is 0 Å². The van der Waals surface area contributed by atoms with Gasteiger partial charge in [-0.25, -0.2) is 0 Å². The molecule has 1 aromatic heterocycles. The van der Waals surface area contributed by atoms with Gasteiger partial charge >= 0.3 is 0 Å². The summed E-state index contributed by atoms with van der Waals surface area (Å²) in [6.45, 7) is 0. The second-order valence-corrected chi connectivity index (χ2v) is 3.20. The summed E-state index contributed by atoms with van der Waals surface area (Å²) >= 11 is 11.8. The van der Waals surface area contributed by atoms with Gasteiger partial charge in [0.25, 0.3) is 0 Å². The molecule has 2 rings (SSSR count). The molecule has 1 aromatic carbocycles. The molecule has 0 N–H and O–H groups in total. The van der Waals surface area contributed by atoms with Crippen molar-refractivity contribution in [2.45, 2.75) is 0 Å². The van der Waals surface area contributed by atoms with Gasteiger partial charge in [0.05, 0.1) is 15.9 Å². The van der Waals surface area contributed by atoms with Gasteiger partial charge in [-0.05, 0) is 6.07 Å². The number of hydrogen-bond acceptors (Lipinski definition) is 1. The van der Waals surface area contributed by atoms with Gasteiger partial charge in [0, 0.05) is 13.1 Å². The van der Waals surface area contributed by atoms with Crippen LogP contribution in [-0.2, 0) is 7.05 Å². The Labute approximate surface area is 79.7 Å². The molecule has 0 saturated heterocycles. The molecular formula is C8H5Cl2N2. The number of halogens is 2. The fraction of sp³-hybridized carbons (Fsp3) is 0.125. The lowest BCUT2D eigenvalue weighted by Crippen LogP contribution is -1.87. The van der Waals surface area contributed by atoms with Crippen LogP contribution in [0.5, 0.6) is 0 Å². The molecule has 1 radical (unpaired) electrons. The summed E-state index contributed by atoms with van der Waals surface area (Å²) in [6.07, 6.45) is 0. The zero-order valence-electron chi connectivity index (χ0n) is 6.31. The highest BCUT2D eigenvalue weighted by Gasteiger charge is 2.08. The largest absolute Gasteiger partial charge is 0.256 e. The van der Waals surface area contributed by atoms with Crippen molar-refractivity contribution in [3.63, 3.8) is 0 Å². The maximum absolute atomic E-state index is 5.94. The number of benzene rings is 1. The summed E-state index contributed by atoms with van der Waals surface area (Å²) in [4.78, 5) is 0. The Balaban J connectivity index is 2.97. The molecule has 4 heteroatoms. The summed E-state index contributed by atoms with van der Waals surface area (Å²) in [5.41, 5.74) is 0.797. The van der Waals surface area contributed by atoms with Crippen LogP contribution in [0.3, 0.4) is 0 Å². The van der Waals surface area contributed by atoms with Gasteiger partial charge in [0.2, 0.25) is 0 Å². The topological polar surface area (TPSA) is 17.8 Å². The van der Waals surface area contributed by atoms with Gasteiger partial charge in [-0.3, -0.25) is 4.68 Å². The first-order valence-corrected chi connectivity index (χ1v) is 4.14. The van der Waals surface area contributed by atoms with Crippen molar-refractivity contribution in [1.29, 1.82) is 0 Å². The van der Waals surface area contributed by atoms with E-state index in [0.717, 1.165) is 10.9 Å². The van der Waals surface area contributed by atoms with E-state index >= 15 is 0 Å². The van der Waals surface area contributed by atoms with Crippen molar-refractivity contribution in [3.05, 3.63) is 28.4 Å². The molecule has 0 aliphatic rings. The van der Waals surface area contributed by atoms with Crippen LogP contribution in [0.25, 0.3) is 10.9 Å². The number of nitrogens with zero attached hydrogens (tertiary/aromatic N) is 2. The van der Waals surface area contributed by atoms with Gasteiger partial charge < -0.3 is 0 Å². The molecule has 0 atom stereocenters. The molecule has 2 nitrogen and oxygen atoms in total. The Kier molecular flexibility index (Phi) is 1.74. The number of aromatic nitrogens is 2. The number of fused-ring (bicyclic) bond motifs is 1. The molecule has 2 aromatic rings. The Morgan fingerprint density at radius 2 is 2.25 bits per heavy atom. The van der Waals surface area contributed by atoms with E-state index in [1.165, 1.54) is 0 Å². The fourth-order valence-electron chi connectivity index (χ4n) is 1.11. The van der Waals surface area contributed by atoms with Crippen LogP contribution in [0.15, 0.2) is 12.1 Å². The normalized spacial score (nSPS) is 10.9. The molecule has 61 valence electrons. The highest BCUT2D eigenvalue weighted by molar-refractivity contribution is 6.41. The molecule has 12 heavy (non-hydrogen) atoms. The van der Waals surface area contributed by atoms with E-state index in [4.69, 9.17) is 23.2 Å². The maximum atomic E-state index is 5.94. The van der Waals surface area contributed by atoms with Crippen LogP contribution in [0.2, 0.25) is 10.2 Å². The summed E-state index contributed by atoms with van der Waals surface area (Å²) in [5.74, 6) is 0. The van der Waals surface area contributed by atoms with Crippen molar-refractivity contribution in [1.82, 2.24) is 9.78 Å². The molecule has 0 unspecified atom stereocenters. The van der Waals surface area contributed by atoms with Gasteiger partial charge in [0.1, 0.15) is 5.15 Å². The third kappa shape index (κ3) is 0.993. The van der Waals surface area contributed by atoms with Crippen molar-refractivity contribution in [2.24, 2.45) is 7.05 Å². The van der Waals surface area contributed by atoms with Gasteiger partial charge in [-0.2, -0.15) is 5.10 Å². The summed E-state index contributed by atoms with van der Waals surface area (Å²) < 4.78 is 1.59. The molecular weight excluding hydrogens is 195 g/mol. The van der Waals surface area contributed by atoms with Crippen LogP contribution in [0.1, 0.15) is 0 Å². The van der Waals surface area contributed by atoms with Crippen LogP contribution >= 0.6 is 23.2 Å². The fourth-order valence-corrected chi connectivity index (χ4v) is 1.64. The van der Waals surface area contributed by atoms with E-state index in [-0.39, 0.29) is 0 Å². The number of rotatable bonds is 0. The van der Waals surface area contributed by atoms with Crippen LogP contribution in [-0.4, -0.2) is 9.78 Å². The predicted octanol–water partition coefficient (Wildman–Crippen LogP) is 2.68. The molecule has 0 spiro atoms. The van der Waals surface area contributed by atoms with Gasteiger partial charge in [-0.15, -0.1) is 0 Å². The molecule has 0 fully saturated rings. The molecule has 0 aliphatic heterocycles. The lowest BCUT2D eigenvalue weighted by atomic mass is 10.3. The quantitative estimate of drug-likeness (QED) is 0.639. The smallest absolute Gasteiger partial charge is 0.136 e. The zero-order valence-corrected chi connectivity index (χ0v) is 7.82.